The first kappa shape index (κ1) is 16.2. The number of para-hydroxylation sites is 1. The molecule has 0 aliphatic rings. The average Bonchev–Trinajstić information content (AvgIpc) is 2.41. The van der Waals surface area contributed by atoms with Crippen molar-refractivity contribution in [3.8, 4) is 0 Å². The van der Waals surface area contributed by atoms with Crippen molar-refractivity contribution in [2.45, 2.75) is 0 Å². The lowest BCUT2D eigenvalue weighted by Crippen LogP contribution is -2.20. The molecule has 0 spiro atoms. The van der Waals surface area contributed by atoms with Crippen molar-refractivity contribution in [2.75, 3.05) is 51.1 Å². The molecular weight excluding hydrogens is 262 g/mol. The summed E-state index contributed by atoms with van der Waals surface area (Å²) in [6, 6.07) is 4.88. The molecule has 112 valence electrons. The van der Waals surface area contributed by atoms with Crippen LogP contribution in [0.5, 0.6) is 0 Å². The first-order valence-corrected chi connectivity index (χ1v) is 6.26. The fourth-order valence-corrected chi connectivity index (χ4v) is 1.61. The highest BCUT2D eigenvalue weighted by molar-refractivity contribution is 5.75. The van der Waals surface area contributed by atoms with Crippen LogP contribution in [-0.4, -0.2) is 50.2 Å². The van der Waals surface area contributed by atoms with Crippen LogP contribution in [-0.2, 0) is 4.74 Å². The number of likely N-dealkylation sites (N-methyl/N-ethyl adjacent to an activating group) is 1. The number of nitrogens with zero attached hydrogens (tertiary/aromatic N) is 2. The Balaban J connectivity index is 2.49. The van der Waals surface area contributed by atoms with Crippen LogP contribution in [0, 0.1) is 10.1 Å². The van der Waals surface area contributed by atoms with E-state index >= 15 is 0 Å². The van der Waals surface area contributed by atoms with E-state index in [0.29, 0.717) is 25.4 Å². The van der Waals surface area contributed by atoms with E-state index in [9.17, 15) is 10.1 Å². The topological polar surface area (TPSA) is 106 Å². The molecule has 20 heavy (non-hydrogen) atoms. The number of nitro benzene ring substituents is 1. The minimum absolute atomic E-state index is 0.0664. The Hall–Kier alpha value is -1.90. The second-order valence-corrected chi connectivity index (χ2v) is 4.45. The van der Waals surface area contributed by atoms with Crippen LogP contribution in [0.4, 0.5) is 17.1 Å². The van der Waals surface area contributed by atoms with E-state index in [2.05, 4.69) is 10.7 Å². The Morgan fingerprint density at radius 3 is 2.65 bits per heavy atom. The Morgan fingerprint density at radius 1 is 1.35 bits per heavy atom. The molecule has 0 aliphatic heterocycles. The van der Waals surface area contributed by atoms with Gasteiger partial charge in [-0.2, -0.15) is 0 Å². The number of anilines is 2. The van der Waals surface area contributed by atoms with Crippen LogP contribution in [0.2, 0.25) is 0 Å². The fourth-order valence-electron chi connectivity index (χ4n) is 1.61. The first-order chi connectivity index (χ1) is 9.56. The van der Waals surface area contributed by atoms with Crippen LogP contribution in [0.1, 0.15) is 0 Å². The molecule has 0 unspecified atom stereocenters. The van der Waals surface area contributed by atoms with Crippen molar-refractivity contribution in [2.24, 2.45) is 5.84 Å². The number of nitrogens with one attached hydrogen (secondary N) is 2. The van der Waals surface area contributed by atoms with Gasteiger partial charge in [-0.15, -0.1) is 0 Å². The molecule has 0 heterocycles. The molecule has 0 aliphatic carbocycles. The fraction of sp³-hybridized carbons (Fsp3) is 0.500. The van der Waals surface area contributed by atoms with Gasteiger partial charge in [-0.25, -0.2) is 0 Å². The summed E-state index contributed by atoms with van der Waals surface area (Å²) in [6.07, 6.45) is 0. The van der Waals surface area contributed by atoms with Crippen LogP contribution in [0.3, 0.4) is 0 Å². The van der Waals surface area contributed by atoms with E-state index in [0.717, 1.165) is 6.54 Å². The predicted octanol–water partition coefficient (Wildman–Crippen LogP) is 0.870. The van der Waals surface area contributed by atoms with Crippen LogP contribution in [0.15, 0.2) is 18.2 Å². The summed E-state index contributed by atoms with van der Waals surface area (Å²) >= 11 is 0. The van der Waals surface area contributed by atoms with Gasteiger partial charge in [0.05, 0.1) is 18.1 Å². The highest BCUT2D eigenvalue weighted by atomic mass is 16.6. The smallest absolute Gasteiger partial charge is 0.316 e. The standard InChI is InChI=1S/C12H21N5O3/c1-16(2)7-9-20-8-6-14-10-4-3-5-11(15-13)12(10)17(18)19/h3-5,14-15H,6-9,13H2,1-2H3. The van der Waals surface area contributed by atoms with Crippen molar-refractivity contribution >= 4 is 17.1 Å². The third-order valence-corrected chi connectivity index (χ3v) is 2.62. The molecule has 0 amide bonds. The molecule has 1 rings (SSSR count). The molecule has 0 saturated carbocycles. The molecule has 0 fully saturated rings. The molecule has 8 nitrogen and oxygen atoms in total. The van der Waals surface area contributed by atoms with E-state index < -0.39 is 4.92 Å². The van der Waals surface area contributed by atoms with Crippen molar-refractivity contribution in [3.05, 3.63) is 28.3 Å². The van der Waals surface area contributed by atoms with Gasteiger partial charge < -0.3 is 20.4 Å². The first-order valence-electron chi connectivity index (χ1n) is 6.26. The van der Waals surface area contributed by atoms with Gasteiger partial charge in [0.15, 0.2) is 0 Å². The maximum Gasteiger partial charge on any atom is 0.316 e. The summed E-state index contributed by atoms with van der Waals surface area (Å²) < 4.78 is 5.41. The highest BCUT2D eigenvalue weighted by Gasteiger charge is 2.18. The van der Waals surface area contributed by atoms with Gasteiger partial charge >= 0.3 is 5.69 Å². The van der Waals surface area contributed by atoms with Gasteiger partial charge in [0.2, 0.25) is 0 Å². The van der Waals surface area contributed by atoms with Crippen molar-refractivity contribution in [1.29, 1.82) is 0 Å². The monoisotopic (exact) mass is 283 g/mol. The van der Waals surface area contributed by atoms with Crippen LogP contribution >= 0.6 is 0 Å². The van der Waals surface area contributed by atoms with Crippen LogP contribution < -0.4 is 16.6 Å². The van der Waals surface area contributed by atoms with Gasteiger partial charge in [-0.05, 0) is 26.2 Å². The van der Waals surface area contributed by atoms with Gasteiger partial charge in [-0.1, -0.05) is 6.07 Å². The Labute approximate surface area is 118 Å². The number of nitro groups is 1. The molecule has 0 saturated heterocycles. The zero-order valence-electron chi connectivity index (χ0n) is 11.8. The lowest BCUT2D eigenvalue weighted by Gasteiger charge is -2.11. The predicted molar refractivity (Wildman–Crippen MR) is 78.8 cm³/mol. The van der Waals surface area contributed by atoms with Crippen molar-refractivity contribution in [3.63, 3.8) is 0 Å². The third-order valence-electron chi connectivity index (χ3n) is 2.62. The second-order valence-electron chi connectivity index (χ2n) is 4.45. The normalized spacial score (nSPS) is 10.6. The van der Waals surface area contributed by atoms with Gasteiger partial charge in [-0.3, -0.25) is 16.0 Å². The van der Waals surface area contributed by atoms with E-state index in [1.807, 2.05) is 19.0 Å². The molecule has 8 heteroatoms. The SMILES string of the molecule is CN(C)CCOCCNc1cccc(NN)c1[N+](=O)[O-]. The molecule has 0 aromatic heterocycles. The third kappa shape index (κ3) is 5.00. The van der Waals surface area contributed by atoms with E-state index in [1.54, 1.807) is 18.2 Å². The highest BCUT2D eigenvalue weighted by Crippen LogP contribution is 2.31. The maximum atomic E-state index is 11.0. The number of nitrogens with two attached hydrogens (primary N) is 1. The summed E-state index contributed by atoms with van der Waals surface area (Å²) in [5.41, 5.74) is 2.95. The number of benzene rings is 1. The van der Waals surface area contributed by atoms with Crippen molar-refractivity contribution < 1.29 is 9.66 Å². The summed E-state index contributed by atoms with van der Waals surface area (Å²) in [6.45, 7) is 2.43. The largest absolute Gasteiger partial charge is 0.378 e. The summed E-state index contributed by atoms with van der Waals surface area (Å²) in [5, 5.41) is 14.0. The zero-order chi connectivity index (χ0) is 15.0. The Morgan fingerprint density at radius 2 is 2.05 bits per heavy atom. The lowest BCUT2D eigenvalue weighted by molar-refractivity contribution is -0.383. The average molecular weight is 283 g/mol. The number of hydrazine groups is 1. The minimum Gasteiger partial charge on any atom is -0.378 e. The van der Waals surface area contributed by atoms with Gasteiger partial charge in [0.25, 0.3) is 0 Å². The van der Waals surface area contributed by atoms with Gasteiger partial charge in [0.1, 0.15) is 11.4 Å². The summed E-state index contributed by atoms with van der Waals surface area (Å²) in [5.74, 6) is 5.27. The van der Waals surface area contributed by atoms with E-state index in [1.165, 1.54) is 0 Å². The number of nitrogen functional groups attached to an aromatic ring is 1. The van der Waals surface area contributed by atoms with Crippen molar-refractivity contribution in [1.82, 2.24) is 4.90 Å². The molecule has 0 atom stereocenters. The molecule has 0 bridgehead atoms. The van der Waals surface area contributed by atoms with E-state index in [-0.39, 0.29) is 11.4 Å². The van der Waals surface area contributed by atoms with Gasteiger partial charge in [0, 0.05) is 13.1 Å². The molecular formula is C12H21N5O3. The maximum absolute atomic E-state index is 11.0. The quantitative estimate of drug-likeness (QED) is 0.267. The van der Waals surface area contributed by atoms with E-state index in [4.69, 9.17) is 10.6 Å². The number of ether oxygens (including phenoxy) is 1. The summed E-state index contributed by atoms with van der Waals surface area (Å²) in [4.78, 5) is 12.6. The molecule has 0 radical (unpaired) electrons. The number of hydrogen-bond acceptors (Lipinski definition) is 7. The molecule has 4 N–H and O–H groups in total. The Kier molecular flexibility index (Phi) is 6.71. The number of rotatable bonds is 9. The Bertz CT molecular complexity index is 439. The number of hydrogen-bond donors (Lipinski definition) is 3. The lowest BCUT2D eigenvalue weighted by atomic mass is 10.2. The van der Waals surface area contributed by atoms with Crippen LogP contribution in [0.25, 0.3) is 0 Å². The zero-order valence-corrected chi connectivity index (χ0v) is 11.8. The molecule has 1 aromatic carbocycles. The second kappa shape index (κ2) is 8.31. The molecule has 1 aromatic rings. The summed E-state index contributed by atoms with van der Waals surface area (Å²) in [7, 11) is 3.94. The minimum atomic E-state index is -0.468.